The summed E-state index contributed by atoms with van der Waals surface area (Å²) in [6, 6.07) is 10.1. The Morgan fingerprint density at radius 2 is 1.85 bits per heavy atom. The number of rotatable bonds is 3. The van der Waals surface area contributed by atoms with Gasteiger partial charge >= 0.3 is 12.0 Å². The van der Waals surface area contributed by atoms with Crippen LogP contribution in [0, 0.1) is 0 Å². The van der Waals surface area contributed by atoms with Gasteiger partial charge in [-0.15, -0.1) is 0 Å². The number of piperazine rings is 1. The lowest BCUT2D eigenvalue weighted by molar-refractivity contribution is -0.132. The topological polar surface area (TPSA) is 74.3 Å². The second-order valence-corrected chi connectivity index (χ2v) is 7.07. The number of hydrogen-bond donors (Lipinski definition) is 1. The largest absolute Gasteiger partial charge is 0.392 e. The van der Waals surface area contributed by atoms with Gasteiger partial charge in [-0.3, -0.25) is 4.79 Å². The fraction of sp³-hybridized carbons (Fsp3) is 0.316. The number of likely N-dealkylation sites (N-methyl/N-ethyl adjacent to an activating group) is 1. The van der Waals surface area contributed by atoms with Gasteiger partial charge in [-0.25, -0.2) is 4.98 Å². The van der Waals surface area contributed by atoms with Crippen molar-refractivity contribution in [1.82, 2.24) is 19.9 Å². The number of halogens is 1. The van der Waals surface area contributed by atoms with Crippen LogP contribution in [0.15, 0.2) is 30.3 Å². The van der Waals surface area contributed by atoms with Gasteiger partial charge in [-0.05, 0) is 25.2 Å². The Bertz CT molecular complexity index is 978. The zero-order valence-electron chi connectivity index (χ0n) is 15.2. The Balaban J connectivity index is 1.61. The van der Waals surface area contributed by atoms with E-state index in [4.69, 9.17) is 16.3 Å². The van der Waals surface area contributed by atoms with Crippen LogP contribution in [-0.4, -0.2) is 59.0 Å². The Morgan fingerprint density at radius 3 is 2.52 bits per heavy atom. The normalized spacial score (nSPS) is 15.3. The van der Waals surface area contributed by atoms with Crippen LogP contribution < -0.4 is 9.64 Å². The highest BCUT2D eigenvalue weighted by Gasteiger charge is 2.16. The highest BCUT2D eigenvalue weighted by Crippen LogP contribution is 2.31. The number of anilines is 1. The number of hydrogen-bond acceptors (Lipinski definition) is 6. The number of aromatic nitrogens is 3. The number of imidazole rings is 1. The third-order valence-electron chi connectivity index (χ3n) is 4.65. The molecule has 0 aliphatic carbocycles. The third kappa shape index (κ3) is 3.74. The number of nitrogens with one attached hydrogen (secondary N) is 1. The molecule has 2 aromatic heterocycles. The number of benzene rings is 1. The molecule has 1 fully saturated rings. The van der Waals surface area contributed by atoms with Crippen molar-refractivity contribution in [3.63, 3.8) is 0 Å². The van der Waals surface area contributed by atoms with Crippen molar-refractivity contribution in [3.8, 4) is 17.3 Å². The number of aromatic amines is 1. The lowest BCUT2D eigenvalue weighted by Gasteiger charge is -2.34. The van der Waals surface area contributed by atoms with Crippen LogP contribution in [-0.2, 0) is 4.79 Å². The molecule has 1 aliphatic rings. The van der Waals surface area contributed by atoms with Gasteiger partial charge < -0.3 is 19.5 Å². The Kier molecular flexibility index (Phi) is 4.72. The Morgan fingerprint density at radius 1 is 1.15 bits per heavy atom. The van der Waals surface area contributed by atoms with E-state index in [1.165, 1.54) is 12.6 Å². The fourth-order valence-electron chi connectivity index (χ4n) is 3.18. The van der Waals surface area contributed by atoms with Crippen molar-refractivity contribution in [1.29, 1.82) is 0 Å². The molecule has 0 spiro atoms. The molecule has 3 heterocycles. The highest BCUT2D eigenvalue weighted by molar-refractivity contribution is 6.33. The molecule has 1 aromatic carbocycles. The first-order chi connectivity index (χ1) is 13.0. The van der Waals surface area contributed by atoms with E-state index in [0.29, 0.717) is 21.9 Å². The van der Waals surface area contributed by atoms with E-state index in [0.717, 1.165) is 31.7 Å². The quantitative estimate of drug-likeness (QED) is 0.699. The van der Waals surface area contributed by atoms with Crippen molar-refractivity contribution in [2.24, 2.45) is 0 Å². The molecule has 1 aliphatic heterocycles. The summed E-state index contributed by atoms with van der Waals surface area (Å²) in [5.74, 6) is -0.445. The number of pyridine rings is 1. The minimum absolute atomic E-state index is 0.114. The molecule has 0 radical (unpaired) electrons. The van der Waals surface area contributed by atoms with Gasteiger partial charge in [0, 0.05) is 44.4 Å². The first-order valence-electron chi connectivity index (χ1n) is 8.78. The number of H-pyrrole nitrogens is 1. The smallest absolute Gasteiger partial charge is 0.310 e. The molecule has 4 rings (SSSR count). The maximum Gasteiger partial charge on any atom is 0.310 e. The molecule has 1 N–H and O–H groups in total. The van der Waals surface area contributed by atoms with E-state index in [-0.39, 0.29) is 6.01 Å². The van der Waals surface area contributed by atoms with Crippen LogP contribution in [0.1, 0.15) is 6.92 Å². The molecule has 0 amide bonds. The molecule has 8 heteroatoms. The third-order valence-corrected chi connectivity index (χ3v) is 4.94. The summed E-state index contributed by atoms with van der Waals surface area (Å²) < 4.78 is 4.98. The van der Waals surface area contributed by atoms with Crippen LogP contribution in [0.4, 0.5) is 5.69 Å². The molecule has 0 saturated carbocycles. The number of esters is 1. The number of fused-ring (bicyclic) bond motifs is 1. The van der Waals surface area contributed by atoms with Crippen LogP contribution in [0.3, 0.4) is 0 Å². The standard InChI is InChI=1S/C19H20ClN5O2/c1-12(26)27-19-21-16-11-15(20)17(22-18(16)23-19)13-3-5-14(6-4-13)25-9-7-24(2)8-10-25/h3-6,11H,7-10H2,1-2H3,(H,21,22,23). The van der Waals surface area contributed by atoms with E-state index in [1.54, 1.807) is 6.07 Å². The summed E-state index contributed by atoms with van der Waals surface area (Å²) in [5.41, 5.74) is 3.83. The summed E-state index contributed by atoms with van der Waals surface area (Å²) in [6.45, 7) is 5.49. The van der Waals surface area contributed by atoms with E-state index in [1.807, 2.05) is 12.1 Å². The number of ether oxygens (including phenoxy) is 1. The molecule has 1 saturated heterocycles. The lowest BCUT2D eigenvalue weighted by Crippen LogP contribution is -2.44. The summed E-state index contributed by atoms with van der Waals surface area (Å²) in [7, 11) is 2.15. The van der Waals surface area contributed by atoms with Gasteiger partial charge in [0.2, 0.25) is 0 Å². The minimum Gasteiger partial charge on any atom is -0.392 e. The predicted molar refractivity (Wildman–Crippen MR) is 105 cm³/mol. The van der Waals surface area contributed by atoms with E-state index < -0.39 is 5.97 Å². The van der Waals surface area contributed by atoms with Gasteiger partial charge in [0.05, 0.1) is 16.2 Å². The maximum atomic E-state index is 11.1. The molecule has 7 nitrogen and oxygen atoms in total. The number of nitrogens with zero attached hydrogens (tertiary/aromatic N) is 4. The summed E-state index contributed by atoms with van der Waals surface area (Å²) in [4.78, 5) is 27.4. The first kappa shape index (κ1) is 17.8. The molecule has 27 heavy (non-hydrogen) atoms. The number of carbonyl (C=O) groups is 1. The van der Waals surface area contributed by atoms with E-state index >= 15 is 0 Å². The van der Waals surface area contributed by atoms with Gasteiger partial charge in [0.15, 0.2) is 5.65 Å². The average Bonchev–Trinajstić information content (AvgIpc) is 3.02. The van der Waals surface area contributed by atoms with Gasteiger partial charge in [-0.1, -0.05) is 23.7 Å². The molecule has 0 unspecified atom stereocenters. The molecule has 140 valence electrons. The zero-order valence-corrected chi connectivity index (χ0v) is 16.0. The van der Waals surface area contributed by atoms with Crippen molar-refractivity contribution in [2.45, 2.75) is 6.92 Å². The molecular formula is C19H20ClN5O2. The Labute approximate surface area is 161 Å². The van der Waals surface area contributed by atoms with E-state index in [9.17, 15) is 4.79 Å². The monoisotopic (exact) mass is 385 g/mol. The molecule has 0 atom stereocenters. The van der Waals surface area contributed by atoms with Crippen LogP contribution >= 0.6 is 11.6 Å². The van der Waals surface area contributed by atoms with Crippen LogP contribution in [0.2, 0.25) is 5.02 Å². The SMILES string of the molecule is CC(=O)Oc1nc2nc(-c3ccc(N4CCN(C)CC4)cc3)c(Cl)cc2[nH]1. The molecule has 3 aromatic rings. The lowest BCUT2D eigenvalue weighted by atomic mass is 10.1. The second kappa shape index (κ2) is 7.17. The second-order valence-electron chi connectivity index (χ2n) is 6.66. The maximum absolute atomic E-state index is 11.1. The first-order valence-corrected chi connectivity index (χ1v) is 9.16. The average molecular weight is 386 g/mol. The molecular weight excluding hydrogens is 366 g/mol. The van der Waals surface area contributed by atoms with Crippen molar-refractivity contribution >= 4 is 34.4 Å². The van der Waals surface area contributed by atoms with Gasteiger partial charge in [-0.2, -0.15) is 4.98 Å². The van der Waals surface area contributed by atoms with Crippen molar-refractivity contribution in [3.05, 3.63) is 35.4 Å². The summed E-state index contributed by atoms with van der Waals surface area (Å²) >= 11 is 6.42. The summed E-state index contributed by atoms with van der Waals surface area (Å²) in [5, 5.41) is 0.507. The zero-order chi connectivity index (χ0) is 19.0. The van der Waals surface area contributed by atoms with Crippen LogP contribution in [0.25, 0.3) is 22.4 Å². The van der Waals surface area contributed by atoms with Gasteiger partial charge in [0.1, 0.15) is 0 Å². The van der Waals surface area contributed by atoms with Crippen LogP contribution in [0.5, 0.6) is 6.01 Å². The predicted octanol–water partition coefficient (Wildman–Crippen LogP) is 2.96. The van der Waals surface area contributed by atoms with Crippen molar-refractivity contribution < 1.29 is 9.53 Å². The van der Waals surface area contributed by atoms with E-state index in [2.05, 4.69) is 43.9 Å². The van der Waals surface area contributed by atoms with Gasteiger partial charge in [0.25, 0.3) is 0 Å². The molecule has 0 bridgehead atoms. The Hall–Kier alpha value is -2.64. The minimum atomic E-state index is -0.445. The highest BCUT2D eigenvalue weighted by atomic mass is 35.5. The van der Waals surface area contributed by atoms with Crippen molar-refractivity contribution in [2.75, 3.05) is 38.1 Å². The number of carbonyl (C=O) groups excluding carboxylic acids is 1. The fourth-order valence-corrected chi connectivity index (χ4v) is 3.44. The summed E-state index contributed by atoms with van der Waals surface area (Å²) in [6.07, 6.45) is 0.